The molecule has 4 aromatic rings. The Morgan fingerprint density at radius 3 is 2.82 bits per heavy atom. The Kier molecular flexibility index (Phi) is 4.64. The van der Waals surface area contributed by atoms with Gasteiger partial charge in [0.15, 0.2) is 0 Å². The molecule has 4 rings (SSSR count). The highest BCUT2D eigenvalue weighted by Gasteiger charge is 2.18. The molecule has 0 saturated heterocycles. The third-order valence-electron chi connectivity index (χ3n) is 4.79. The molecule has 2 aromatic carbocycles. The number of rotatable bonds is 4. The number of aryl methyl sites for hydroxylation is 1. The summed E-state index contributed by atoms with van der Waals surface area (Å²) >= 11 is 6.49. The number of nitrogens with one attached hydrogen (secondary N) is 2. The Balaban J connectivity index is 1.92. The van der Waals surface area contributed by atoms with Crippen molar-refractivity contribution >= 4 is 33.9 Å². The molecule has 28 heavy (non-hydrogen) atoms. The maximum Gasteiger partial charge on any atom is 0.128 e. The standard InChI is InChI=1S/C22H17ClN4O/c1-13-15-8-9-26-19(15)7-6-18(13)27-22-14(10-24)11-25-12-16(22)21-17(23)4-3-5-20(21)28-2/h3-9,11-12,26H,1-2H3,(H,25,27). The van der Waals surface area contributed by atoms with E-state index in [0.717, 1.165) is 22.2 Å². The third-order valence-corrected chi connectivity index (χ3v) is 5.11. The van der Waals surface area contributed by atoms with Crippen LogP contribution in [0.1, 0.15) is 11.1 Å². The van der Waals surface area contributed by atoms with E-state index in [9.17, 15) is 5.26 Å². The van der Waals surface area contributed by atoms with Gasteiger partial charge in [-0.3, -0.25) is 4.98 Å². The van der Waals surface area contributed by atoms with Crippen LogP contribution in [0.3, 0.4) is 0 Å². The lowest BCUT2D eigenvalue weighted by Gasteiger charge is -2.18. The van der Waals surface area contributed by atoms with Gasteiger partial charge in [0.1, 0.15) is 11.8 Å². The number of benzene rings is 2. The number of aromatic amines is 1. The summed E-state index contributed by atoms with van der Waals surface area (Å²) in [7, 11) is 1.59. The van der Waals surface area contributed by atoms with Crippen LogP contribution in [-0.4, -0.2) is 17.1 Å². The van der Waals surface area contributed by atoms with Gasteiger partial charge in [0.2, 0.25) is 0 Å². The molecule has 0 aliphatic carbocycles. The zero-order chi connectivity index (χ0) is 19.7. The molecule has 0 spiro atoms. The molecule has 2 aromatic heterocycles. The number of pyridine rings is 1. The summed E-state index contributed by atoms with van der Waals surface area (Å²) in [6, 6.07) is 13.7. The summed E-state index contributed by atoms with van der Waals surface area (Å²) in [6.45, 7) is 2.04. The lowest BCUT2D eigenvalue weighted by atomic mass is 10.0. The number of nitriles is 1. The van der Waals surface area contributed by atoms with Crippen LogP contribution in [0.25, 0.3) is 22.0 Å². The molecule has 0 aliphatic rings. The average molecular weight is 389 g/mol. The fraction of sp³-hybridized carbons (Fsp3) is 0.0909. The number of methoxy groups -OCH3 is 1. The Hall–Kier alpha value is -3.49. The fourth-order valence-electron chi connectivity index (χ4n) is 3.36. The number of nitrogens with zero attached hydrogens (tertiary/aromatic N) is 2. The van der Waals surface area contributed by atoms with Crippen LogP contribution in [0.4, 0.5) is 11.4 Å². The third kappa shape index (κ3) is 2.94. The van der Waals surface area contributed by atoms with Crippen molar-refractivity contribution in [3.63, 3.8) is 0 Å². The molecule has 0 amide bonds. The monoisotopic (exact) mass is 388 g/mol. The van der Waals surface area contributed by atoms with Crippen molar-refractivity contribution in [2.45, 2.75) is 6.92 Å². The van der Waals surface area contributed by atoms with E-state index in [4.69, 9.17) is 16.3 Å². The first-order valence-electron chi connectivity index (χ1n) is 8.68. The highest BCUT2D eigenvalue weighted by atomic mass is 35.5. The second-order valence-electron chi connectivity index (χ2n) is 6.34. The van der Waals surface area contributed by atoms with Crippen molar-refractivity contribution in [1.29, 1.82) is 5.26 Å². The van der Waals surface area contributed by atoms with Crippen molar-refractivity contribution in [3.05, 3.63) is 71.1 Å². The number of hydrogen-bond donors (Lipinski definition) is 2. The molecule has 5 nitrogen and oxygen atoms in total. The largest absolute Gasteiger partial charge is 0.496 e. The first kappa shape index (κ1) is 17.9. The van der Waals surface area contributed by atoms with Crippen molar-refractivity contribution in [2.75, 3.05) is 12.4 Å². The Morgan fingerprint density at radius 1 is 1.18 bits per heavy atom. The summed E-state index contributed by atoms with van der Waals surface area (Å²) in [5, 5.41) is 14.7. The minimum absolute atomic E-state index is 0.424. The van der Waals surface area contributed by atoms with Gasteiger partial charge in [-0.05, 0) is 42.8 Å². The SMILES string of the molecule is COc1cccc(Cl)c1-c1cncc(C#N)c1Nc1ccc2[nH]ccc2c1C. The number of aromatic nitrogens is 2. The van der Waals surface area contributed by atoms with Gasteiger partial charge >= 0.3 is 0 Å². The van der Waals surface area contributed by atoms with Crippen LogP contribution >= 0.6 is 11.6 Å². The molecule has 2 heterocycles. The Bertz CT molecular complexity index is 1220. The quantitative estimate of drug-likeness (QED) is 0.462. The predicted molar refractivity (Wildman–Crippen MR) is 112 cm³/mol. The van der Waals surface area contributed by atoms with Gasteiger partial charge in [0.05, 0.1) is 23.4 Å². The number of H-pyrrole nitrogens is 1. The molecule has 2 N–H and O–H groups in total. The number of hydrogen-bond acceptors (Lipinski definition) is 4. The second-order valence-corrected chi connectivity index (χ2v) is 6.75. The molecule has 0 aliphatic heterocycles. The summed E-state index contributed by atoms with van der Waals surface area (Å²) < 4.78 is 5.50. The van der Waals surface area contributed by atoms with E-state index in [-0.39, 0.29) is 0 Å². The molecule has 6 heteroatoms. The van der Waals surface area contributed by atoms with Gasteiger partial charge in [-0.15, -0.1) is 0 Å². The fourth-order valence-corrected chi connectivity index (χ4v) is 3.63. The summed E-state index contributed by atoms with van der Waals surface area (Å²) in [5.74, 6) is 0.616. The number of ether oxygens (including phenoxy) is 1. The van der Waals surface area contributed by atoms with E-state index in [1.54, 1.807) is 25.6 Å². The molecular formula is C22H17ClN4O. The summed E-state index contributed by atoms with van der Waals surface area (Å²) in [5.41, 5.74) is 5.51. The Labute approximate surface area is 167 Å². The molecular weight excluding hydrogens is 372 g/mol. The molecule has 0 atom stereocenters. The Morgan fingerprint density at radius 2 is 2.04 bits per heavy atom. The van der Waals surface area contributed by atoms with Crippen LogP contribution < -0.4 is 10.1 Å². The van der Waals surface area contributed by atoms with E-state index in [0.29, 0.717) is 33.1 Å². The summed E-state index contributed by atoms with van der Waals surface area (Å²) in [6.07, 6.45) is 5.14. The highest BCUT2D eigenvalue weighted by Crippen LogP contribution is 2.42. The van der Waals surface area contributed by atoms with Crippen LogP contribution in [0.15, 0.2) is 55.0 Å². The van der Waals surface area contributed by atoms with Crippen LogP contribution in [0.2, 0.25) is 5.02 Å². The smallest absolute Gasteiger partial charge is 0.128 e. The maximum absolute atomic E-state index is 9.67. The highest BCUT2D eigenvalue weighted by molar-refractivity contribution is 6.34. The molecule has 0 fully saturated rings. The van der Waals surface area contributed by atoms with E-state index in [1.165, 1.54) is 0 Å². The van der Waals surface area contributed by atoms with Gasteiger partial charge in [-0.2, -0.15) is 5.26 Å². The van der Waals surface area contributed by atoms with Gasteiger partial charge in [0, 0.05) is 46.3 Å². The normalized spacial score (nSPS) is 10.6. The van der Waals surface area contributed by atoms with E-state index in [2.05, 4.69) is 21.4 Å². The van der Waals surface area contributed by atoms with Crippen LogP contribution in [-0.2, 0) is 0 Å². The van der Waals surface area contributed by atoms with Gasteiger partial charge in [0.25, 0.3) is 0 Å². The second kappa shape index (κ2) is 7.26. The first-order valence-corrected chi connectivity index (χ1v) is 9.06. The summed E-state index contributed by atoms with van der Waals surface area (Å²) in [4.78, 5) is 7.44. The lowest BCUT2D eigenvalue weighted by molar-refractivity contribution is 0.416. The van der Waals surface area contributed by atoms with Crippen LogP contribution in [0, 0.1) is 18.3 Å². The zero-order valence-electron chi connectivity index (χ0n) is 15.4. The molecule has 138 valence electrons. The number of anilines is 2. The van der Waals surface area contributed by atoms with Crippen LogP contribution in [0.5, 0.6) is 5.75 Å². The number of fused-ring (bicyclic) bond motifs is 1. The van der Waals surface area contributed by atoms with Gasteiger partial charge in [-0.1, -0.05) is 17.7 Å². The van der Waals surface area contributed by atoms with E-state index >= 15 is 0 Å². The van der Waals surface area contributed by atoms with E-state index in [1.807, 2.05) is 43.5 Å². The van der Waals surface area contributed by atoms with Crippen molar-refractivity contribution in [2.24, 2.45) is 0 Å². The van der Waals surface area contributed by atoms with Crippen molar-refractivity contribution in [1.82, 2.24) is 9.97 Å². The minimum atomic E-state index is 0.424. The van der Waals surface area contributed by atoms with Crippen molar-refractivity contribution in [3.8, 4) is 22.9 Å². The maximum atomic E-state index is 9.67. The van der Waals surface area contributed by atoms with Gasteiger partial charge < -0.3 is 15.0 Å². The molecule has 0 bridgehead atoms. The molecule has 0 saturated carbocycles. The average Bonchev–Trinajstić information content (AvgIpc) is 3.20. The number of halogens is 1. The van der Waals surface area contributed by atoms with Crippen molar-refractivity contribution < 1.29 is 4.74 Å². The molecule has 0 unspecified atom stereocenters. The molecule has 0 radical (unpaired) electrons. The van der Waals surface area contributed by atoms with E-state index < -0.39 is 0 Å². The minimum Gasteiger partial charge on any atom is -0.496 e. The van der Waals surface area contributed by atoms with Gasteiger partial charge in [-0.25, -0.2) is 0 Å². The zero-order valence-corrected chi connectivity index (χ0v) is 16.1. The predicted octanol–water partition coefficient (Wildman–Crippen LogP) is 5.82. The lowest BCUT2D eigenvalue weighted by Crippen LogP contribution is -2.01. The topological polar surface area (TPSA) is 73.7 Å². The first-order chi connectivity index (χ1) is 13.6.